The number of unbranched alkanes of at least 4 members (excludes halogenated alkanes) is 14. The second-order valence-corrected chi connectivity index (χ2v) is 8.72. The van der Waals surface area contributed by atoms with Crippen LogP contribution in [0.15, 0.2) is 24.5 Å². The summed E-state index contributed by atoms with van der Waals surface area (Å²) in [6.07, 6.45) is 26.4. The Balaban J connectivity index is 2.29. The molecule has 1 aromatic heterocycles. The number of aromatic nitrogens is 1. The van der Waals surface area contributed by atoms with Crippen molar-refractivity contribution >= 4 is 0 Å². The Labute approximate surface area is 175 Å². The standard InChI is InChI=1S/C26H47NO/c1-3-5-7-9-11-12-14-16-18-22-26(28,25-20-19-23-27-24-25)21-17-15-13-10-8-6-4-2/h19-20,23-24,28H,3-18,21-22H2,1-2H3. The number of aliphatic hydroxyl groups is 1. The Bertz CT molecular complexity index is 447. The molecule has 0 aromatic carbocycles. The van der Waals surface area contributed by atoms with Gasteiger partial charge < -0.3 is 5.11 Å². The monoisotopic (exact) mass is 389 g/mol. The van der Waals surface area contributed by atoms with E-state index in [0.717, 1.165) is 31.2 Å². The van der Waals surface area contributed by atoms with Gasteiger partial charge in [-0.25, -0.2) is 0 Å². The van der Waals surface area contributed by atoms with Crippen molar-refractivity contribution in [2.24, 2.45) is 0 Å². The van der Waals surface area contributed by atoms with Gasteiger partial charge in [0.05, 0.1) is 5.60 Å². The molecule has 0 spiro atoms. The van der Waals surface area contributed by atoms with Crippen LogP contribution in [-0.2, 0) is 5.60 Å². The second-order valence-electron chi connectivity index (χ2n) is 8.72. The van der Waals surface area contributed by atoms with Crippen molar-refractivity contribution in [2.45, 2.75) is 135 Å². The summed E-state index contributed by atoms with van der Waals surface area (Å²) in [6, 6.07) is 4.02. The molecule has 28 heavy (non-hydrogen) atoms. The lowest BCUT2D eigenvalue weighted by Crippen LogP contribution is -2.26. The van der Waals surface area contributed by atoms with Gasteiger partial charge in [0, 0.05) is 18.0 Å². The van der Waals surface area contributed by atoms with Crippen molar-refractivity contribution < 1.29 is 5.11 Å². The van der Waals surface area contributed by atoms with Gasteiger partial charge in [0.15, 0.2) is 0 Å². The third-order valence-corrected chi connectivity index (χ3v) is 6.09. The minimum Gasteiger partial charge on any atom is -0.385 e. The van der Waals surface area contributed by atoms with Gasteiger partial charge in [-0.2, -0.15) is 0 Å². The molecule has 0 aliphatic heterocycles. The molecule has 2 nitrogen and oxygen atoms in total. The number of hydrogen-bond acceptors (Lipinski definition) is 2. The van der Waals surface area contributed by atoms with E-state index in [-0.39, 0.29) is 0 Å². The number of rotatable bonds is 19. The summed E-state index contributed by atoms with van der Waals surface area (Å²) in [6.45, 7) is 4.54. The Morgan fingerprint density at radius 2 is 1.11 bits per heavy atom. The van der Waals surface area contributed by atoms with Crippen molar-refractivity contribution in [3.63, 3.8) is 0 Å². The highest BCUT2D eigenvalue weighted by atomic mass is 16.3. The number of nitrogens with zero attached hydrogens (tertiary/aromatic N) is 1. The zero-order valence-corrected chi connectivity index (χ0v) is 18.9. The van der Waals surface area contributed by atoms with Crippen molar-refractivity contribution in [3.8, 4) is 0 Å². The fourth-order valence-corrected chi connectivity index (χ4v) is 4.15. The summed E-state index contributed by atoms with van der Waals surface area (Å²) < 4.78 is 0. The maximum Gasteiger partial charge on any atom is 0.0911 e. The fourth-order valence-electron chi connectivity index (χ4n) is 4.15. The molecule has 1 atom stereocenters. The van der Waals surface area contributed by atoms with E-state index >= 15 is 0 Å². The van der Waals surface area contributed by atoms with Crippen LogP contribution in [-0.4, -0.2) is 10.1 Å². The molecule has 0 saturated heterocycles. The first kappa shape index (κ1) is 25.1. The van der Waals surface area contributed by atoms with Crippen molar-refractivity contribution in [1.29, 1.82) is 0 Å². The first-order valence-corrected chi connectivity index (χ1v) is 12.4. The lowest BCUT2D eigenvalue weighted by atomic mass is 9.84. The summed E-state index contributed by atoms with van der Waals surface area (Å²) in [7, 11) is 0. The van der Waals surface area contributed by atoms with E-state index in [1.54, 1.807) is 6.20 Å². The molecule has 0 amide bonds. The highest BCUT2D eigenvalue weighted by Crippen LogP contribution is 2.33. The quantitative estimate of drug-likeness (QED) is 0.241. The van der Waals surface area contributed by atoms with Crippen molar-refractivity contribution in [3.05, 3.63) is 30.1 Å². The Hall–Kier alpha value is -0.890. The molecule has 2 heteroatoms. The molecule has 0 saturated carbocycles. The maximum atomic E-state index is 11.4. The summed E-state index contributed by atoms with van der Waals surface area (Å²) in [5.41, 5.74) is 0.333. The number of hydrogen-bond donors (Lipinski definition) is 1. The summed E-state index contributed by atoms with van der Waals surface area (Å²) in [5, 5.41) is 11.4. The SMILES string of the molecule is CCCCCCCCCCCC(O)(CCCCCCCCC)c1cccnc1. The Kier molecular flexibility index (Phi) is 15.3. The van der Waals surface area contributed by atoms with E-state index in [1.807, 2.05) is 12.3 Å². The first-order valence-electron chi connectivity index (χ1n) is 12.4. The third-order valence-electron chi connectivity index (χ3n) is 6.09. The van der Waals surface area contributed by atoms with Crippen LogP contribution in [0.4, 0.5) is 0 Å². The molecular formula is C26H47NO. The Morgan fingerprint density at radius 1 is 0.679 bits per heavy atom. The molecule has 0 bridgehead atoms. The minimum atomic E-state index is -0.682. The molecule has 1 heterocycles. The second kappa shape index (κ2) is 17.0. The highest BCUT2D eigenvalue weighted by Gasteiger charge is 2.28. The number of pyridine rings is 1. The van der Waals surface area contributed by atoms with Crippen LogP contribution in [0.2, 0.25) is 0 Å². The molecule has 1 rings (SSSR count). The van der Waals surface area contributed by atoms with Gasteiger partial charge in [0.1, 0.15) is 0 Å². The molecule has 1 unspecified atom stereocenters. The summed E-state index contributed by atoms with van der Waals surface area (Å²) >= 11 is 0. The zero-order valence-electron chi connectivity index (χ0n) is 18.9. The van der Waals surface area contributed by atoms with Gasteiger partial charge in [-0.05, 0) is 18.9 Å². The molecule has 0 radical (unpaired) electrons. The smallest absolute Gasteiger partial charge is 0.0911 e. The van der Waals surface area contributed by atoms with Gasteiger partial charge in [-0.1, -0.05) is 123 Å². The third kappa shape index (κ3) is 11.8. The normalized spacial score (nSPS) is 13.5. The van der Waals surface area contributed by atoms with Gasteiger partial charge in [-0.15, -0.1) is 0 Å². The van der Waals surface area contributed by atoms with Crippen LogP contribution in [0.1, 0.15) is 135 Å². The van der Waals surface area contributed by atoms with E-state index < -0.39 is 5.60 Å². The topological polar surface area (TPSA) is 33.1 Å². The zero-order chi connectivity index (χ0) is 20.3. The molecule has 0 fully saturated rings. The molecule has 0 aliphatic rings. The molecule has 1 aromatic rings. The largest absolute Gasteiger partial charge is 0.385 e. The predicted molar refractivity (Wildman–Crippen MR) is 123 cm³/mol. The van der Waals surface area contributed by atoms with Gasteiger partial charge in [0.2, 0.25) is 0 Å². The molecule has 162 valence electrons. The average Bonchev–Trinajstić information content (AvgIpc) is 2.72. The van der Waals surface area contributed by atoms with Crippen LogP contribution >= 0.6 is 0 Å². The fraction of sp³-hybridized carbons (Fsp3) is 0.808. The van der Waals surface area contributed by atoms with E-state index in [1.165, 1.54) is 89.9 Å². The van der Waals surface area contributed by atoms with Crippen LogP contribution in [0.25, 0.3) is 0 Å². The minimum absolute atomic E-state index is 0.682. The first-order chi connectivity index (χ1) is 13.7. The highest BCUT2D eigenvalue weighted by molar-refractivity contribution is 5.17. The van der Waals surface area contributed by atoms with Crippen LogP contribution in [0.5, 0.6) is 0 Å². The van der Waals surface area contributed by atoms with E-state index in [4.69, 9.17) is 0 Å². The van der Waals surface area contributed by atoms with Crippen molar-refractivity contribution in [1.82, 2.24) is 4.98 Å². The van der Waals surface area contributed by atoms with Gasteiger partial charge in [0.25, 0.3) is 0 Å². The van der Waals surface area contributed by atoms with Crippen LogP contribution in [0.3, 0.4) is 0 Å². The van der Waals surface area contributed by atoms with E-state index in [2.05, 4.69) is 24.9 Å². The molecule has 0 aliphatic carbocycles. The molecular weight excluding hydrogens is 342 g/mol. The average molecular weight is 390 g/mol. The van der Waals surface area contributed by atoms with E-state index in [0.29, 0.717) is 0 Å². The summed E-state index contributed by atoms with van der Waals surface area (Å²) in [5.74, 6) is 0. The van der Waals surface area contributed by atoms with Gasteiger partial charge >= 0.3 is 0 Å². The lowest BCUT2D eigenvalue weighted by Gasteiger charge is -2.29. The van der Waals surface area contributed by atoms with Crippen molar-refractivity contribution in [2.75, 3.05) is 0 Å². The Morgan fingerprint density at radius 3 is 1.50 bits per heavy atom. The molecule has 1 N–H and O–H groups in total. The van der Waals surface area contributed by atoms with Crippen LogP contribution in [0, 0.1) is 0 Å². The lowest BCUT2D eigenvalue weighted by molar-refractivity contribution is 0.0129. The summed E-state index contributed by atoms with van der Waals surface area (Å²) in [4.78, 5) is 4.26. The van der Waals surface area contributed by atoms with E-state index in [9.17, 15) is 5.11 Å². The van der Waals surface area contributed by atoms with Gasteiger partial charge in [-0.3, -0.25) is 4.98 Å². The maximum absolute atomic E-state index is 11.4. The van der Waals surface area contributed by atoms with Crippen LogP contribution < -0.4 is 0 Å². The predicted octanol–water partition coefficient (Wildman–Crippen LogP) is 8.33.